The van der Waals surface area contributed by atoms with Crippen molar-refractivity contribution in [2.24, 2.45) is 5.10 Å². The van der Waals surface area contributed by atoms with Gasteiger partial charge in [-0.05, 0) is 74.0 Å². The summed E-state index contributed by atoms with van der Waals surface area (Å²) in [7, 11) is -1.37. The van der Waals surface area contributed by atoms with Crippen molar-refractivity contribution in [2.45, 2.75) is 18.7 Å². The maximum Gasteiger partial charge on any atom is 0.264 e. The smallest absolute Gasteiger partial charge is 0.264 e. The molecule has 0 spiro atoms. The van der Waals surface area contributed by atoms with Gasteiger partial charge in [0, 0.05) is 6.07 Å². The maximum absolute atomic E-state index is 13.8. The second kappa shape index (κ2) is 15.3. The van der Waals surface area contributed by atoms with Crippen LogP contribution in [0.5, 0.6) is 28.7 Å². The lowest BCUT2D eigenvalue weighted by atomic mass is 10.2. The van der Waals surface area contributed by atoms with Crippen molar-refractivity contribution in [2.75, 3.05) is 44.9 Å². The second-order valence-electron chi connectivity index (χ2n) is 8.49. The Bertz CT molecular complexity index is 1490. The summed E-state index contributed by atoms with van der Waals surface area (Å²) < 4.78 is 55.8. The minimum atomic E-state index is -4.23. The number of nitrogens with one attached hydrogen (secondary N) is 1. The minimum Gasteiger partial charge on any atom is -0.494 e. The highest BCUT2D eigenvalue weighted by atomic mass is 32.2. The molecule has 224 valence electrons. The van der Waals surface area contributed by atoms with Gasteiger partial charge in [0.15, 0.2) is 23.0 Å². The Balaban J connectivity index is 1.86. The third-order valence-electron chi connectivity index (χ3n) is 5.69. The lowest BCUT2D eigenvalue weighted by molar-refractivity contribution is -0.119. The molecule has 12 heteroatoms. The highest BCUT2D eigenvalue weighted by Crippen LogP contribution is 2.33. The van der Waals surface area contributed by atoms with E-state index in [9.17, 15) is 13.2 Å². The summed E-state index contributed by atoms with van der Waals surface area (Å²) in [6, 6.07) is 15.8. The molecule has 0 saturated heterocycles. The first-order valence-electron chi connectivity index (χ1n) is 13.1. The van der Waals surface area contributed by atoms with E-state index in [2.05, 4.69) is 17.1 Å². The molecule has 1 amide bonds. The van der Waals surface area contributed by atoms with Gasteiger partial charge < -0.3 is 23.7 Å². The molecule has 0 aliphatic heterocycles. The quantitative estimate of drug-likeness (QED) is 0.146. The number of benzene rings is 3. The number of hydrogen-bond donors (Lipinski definition) is 1. The Kier molecular flexibility index (Phi) is 11.6. The summed E-state index contributed by atoms with van der Waals surface area (Å²) in [5, 5.41) is 4.01. The van der Waals surface area contributed by atoms with E-state index in [4.69, 9.17) is 23.7 Å². The number of sulfonamides is 1. The van der Waals surface area contributed by atoms with Crippen LogP contribution in [0.3, 0.4) is 0 Å². The minimum absolute atomic E-state index is 0.0902. The van der Waals surface area contributed by atoms with Crippen LogP contribution in [0.4, 0.5) is 5.69 Å². The third kappa shape index (κ3) is 8.16. The number of nitrogens with zero attached hydrogens (tertiary/aromatic N) is 2. The normalized spacial score (nSPS) is 11.0. The molecular formula is C30H35N3O8S. The number of anilines is 1. The molecule has 0 aromatic heterocycles. The molecule has 0 aliphatic carbocycles. The molecule has 3 rings (SSSR count). The first kappa shape index (κ1) is 31.8. The average molecular weight is 598 g/mol. The Hall–Kier alpha value is -4.71. The van der Waals surface area contributed by atoms with Crippen molar-refractivity contribution in [1.82, 2.24) is 5.43 Å². The van der Waals surface area contributed by atoms with Crippen molar-refractivity contribution in [1.29, 1.82) is 0 Å². The summed E-state index contributed by atoms with van der Waals surface area (Å²) in [5.74, 6) is 1.54. The van der Waals surface area contributed by atoms with Crippen LogP contribution in [-0.2, 0) is 14.8 Å². The number of rotatable bonds is 16. The summed E-state index contributed by atoms with van der Waals surface area (Å²) in [6.07, 6.45) is 3.05. The van der Waals surface area contributed by atoms with Crippen LogP contribution in [0.15, 0.2) is 83.3 Å². The summed E-state index contributed by atoms with van der Waals surface area (Å²) in [5.41, 5.74) is 3.28. The fourth-order valence-corrected chi connectivity index (χ4v) is 5.22. The number of ether oxygens (including phenoxy) is 5. The molecule has 0 unspecified atom stereocenters. The zero-order valence-corrected chi connectivity index (χ0v) is 24.8. The molecule has 3 aromatic carbocycles. The molecule has 0 radical (unpaired) electrons. The molecule has 0 aliphatic rings. The van der Waals surface area contributed by atoms with E-state index < -0.39 is 22.5 Å². The summed E-state index contributed by atoms with van der Waals surface area (Å²) >= 11 is 0. The van der Waals surface area contributed by atoms with Gasteiger partial charge in [-0.1, -0.05) is 12.7 Å². The lowest BCUT2D eigenvalue weighted by Gasteiger charge is -2.24. The number of methoxy groups -OCH3 is 2. The van der Waals surface area contributed by atoms with Gasteiger partial charge in [-0.3, -0.25) is 9.10 Å². The fraction of sp³-hybridized carbons (Fsp3) is 0.267. The monoisotopic (exact) mass is 597 g/mol. The second-order valence-corrected chi connectivity index (χ2v) is 10.3. The fourth-order valence-electron chi connectivity index (χ4n) is 3.78. The van der Waals surface area contributed by atoms with Crippen molar-refractivity contribution >= 4 is 27.8 Å². The van der Waals surface area contributed by atoms with Crippen LogP contribution in [0, 0.1) is 0 Å². The van der Waals surface area contributed by atoms with Crippen LogP contribution in [0.25, 0.3) is 0 Å². The first-order chi connectivity index (χ1) is 20.3. The van der Waals surface area contributed by atoms with E-state index in [1.54, 1.807) is 48.5 Å². The number of hydrazone groups is 1. The molecule has 0 fully saturated rings. The molecule has 0 bridgehead atoms. The predicted molar refractivity (Wildman–Crippen MR) is 161 cm³/mol. The summed E-state index contributed by atoms with van der Waals surface area (Å²) in [4.78, 5) is 12.9. The SMILES string of the molecule is C=CCOc1ccc(/C=N\NC(=O)CN(c2ccc(OCC)cc2)S(=O)(=O)c2ccc(OC)c(OC)c2)cc1OCC. The zero-order valence-electron chi connectivity index (χ0n) is 24.0. The van der Waals surface area contributed by atoms with E-state index in [0.717, 1.165) is 4.31 Å². The van der Waals surface area contributed by atoms with Crippen molar-refractivity contribution < 1.29 is 36.9 Å². The van der Waals surface area contributed by atoms with Gasteiger partial charge in [0.2, 0.25) is 0 Å². The molecule has 0 heterocycles. The average Bonchev–Trinajstić information content (AvgIpc) is 2.99. The number of carbonyl (C=O) groups is 1. The number of amides is 1. The lowest BCUT2D eigenvalue weighted by Crippen LogP contribution is -2.39. The van der Waals surface area contributed by atoms with Gasteiger partial charge >= 0.3 is 0 Å². The Morgan fingerprint density at radius 1 is 0.881 bits per heavy atom. The van der Waals surface area contributed by atoms with Gasteiger partial charge in [0.1, 0.15) is 18.9 Å². The number of carbonyl (C=O) groups excluding carboxylic acids is 1. The van der Waals surface area contributed by atoms with Crippen LogP contribution in [0.2, 0.25) is 0 Å². The maximum atomic E-state index is 13.8. The molecule has 11 nitrogen and oxygen atoms in total. The third-order valence-corrected chi connectivity index (χ3v) is 7.46. The topological polar surface area (TPSA) is 125 Å². The standard InChI is InChI=1S/C30H35N3O8S/c1-6-17-41-27-15-9-22(18-29(27)40-8-3)20-31-32-30(34)21-33(23-10-12-24(13-11-23)39-7-2)42(35,36)25-14-16-26(37-4)28(19-25)38-5/h6,9-16,18-20H,1,7-8,17,21H2,2-5H3,(H,32,34)/b31-20-. The molecule has 0 saturated carbocycles. The van der Waals surface area contributed by atoms with Gasteiger partial charge in [-0.25, -0.2) is 13.8 Å². The van der Waals surface area contributed by atoms with Gasteiger partial charge in [-0.2, -0.15) is 5.10 Å². The van der Waals surface area contributed by atoms with Crippen LogP contribution < -0.4 is 33.4 Å². The molecule has 3 aromatic rings. The Labute approximate surface area is 246 Å². The first-order valence-corrected chi connectivity index (χ1v) is 14.5. The van der Waals surface area contributed by atoms with Gasteiger partial charge in [0.05, 0.1) is 44.2 Å². The van der Waals surface area contributed by atoms with Crippen molar-refractivity contribution in [3.63, 3.8) is 0 Å². The van der Waals surface area contributed by atoms with E-state index in [1.165, 1.54) is 38.6 Å². The highest BCUT2D eigenvalue weighted by Gasteiger charge is 2.28. The Morgan fingerprint density at radius 3 is 2.21 bits per heavy atom. The van der Waals surface area contributed by atoms with Gasteiger partial charge in [-0.15, -0.1) is 0 Å². The molecule has 42 heavy (non-hydrogen) atoms. The highest BCUT2D eigenvalue weighted by molar-refractivity contribution is 7.92. The van der Waals surface area contributed by atoms with Crippen molar-refractivity contribution in [3.05, 3.63) is 78.9 Å². The molecule has 0 atom stereocenters. The molecule has 1 N–H and O–H groups in total. The van der Waals surface area contributed by atoms with E-state index in [-0.39, 0.29) is 16.3 Å². The van der Waals surface area contributed by atoms with E-state index in [1.807, 2.05) is 13.8 Å². The number of hydrogen-bond acceptors (Lipinski definition) is 9. The Morgan fingerprint density at radius 2 is 1.57 bits per heavy atom. The largest absolute Gasteiger partial charge is 0.494 e. The molecular weight excluding hydrogens is 562 g/mol. The zero-order chi connectivity index (χ0) is 30.5. The van der Waals surface area contributed by atoms with Crippen LogP contribution in [-0.4, -0.2) is 61.1 Å². The van der Waals surface area contributed by atoms with Crippen LogP contribution in [0.1, 0.15) is 19.4 Å². The van der Waals surface area contributed by atoms with E-state index in [0.29, 0.717) is 48.4 Å². The van der Waals surface area contributed by atoms with Crippen molar-refractivity contribution in [3.8, 4) is 28.7 Å². The summed E-state index contributed by atoms with van der Waals surface area (Å²) in [6.45, 7) is 7.98. The van der Waals surface area contributed by atoms with Crippen LogP contribution >= 0.6 is 0 Å². The van der Waals surface area contributed by atoms with E-state index >= 15 is 0 Å². The van der Waals surface area contributed by atoms with Gasteiger partial charge in [0.25, 0.3) is 15.9 Å². The predicted octanol–water partition coefficient (Wildman–Crippen LogP) is 4.41.